The molecule has 0 unspecified atom stereocenters. The summed E-state index contributed by atoms with van der Waals surface area (Å²) in [7, 11) is 0. The number of rotatable bonds is 11. The van der Waals surface area contributed by atoms with Gasteiger partial charge < -0.3 is 20.1 Å². The number of aliphatic carboxylic acids is 1. The number of fused-ring (bicyclic) bond motifs is 1. The van der Waals surface area contributed by atoms with Crippen LogP contribution in [0, 0.1) is 11.8 Å². The number of hydrogen-bond donors (Lipinski definition) is 3. The molecule has 0 spiro atoms. The number of carbonyl (C=O) groups is 2. The highest BCUT2D eigenvalue weighted by Crippen LogP contribution is 2.51. The van der Waals surface area contributed by atoms with Gasteiger partial charge in [-0.05, 0) is 70.1 Å². The van der Waals surface area contributed by atoms with E-state index in [1.165, 1.54) is 22.2 Å². The van der Waals surface area contributed by atoms with Crippen LogP contribution < -0.4 is 4.74 Å². The van der Waals surface area contributed by atoms with Crippen LogP contribution >= 0.6 is 11.8 Å². The topological polar surface area (TPSA) is 107 Å². The molecule has 2 aliphatic heterocycles. The van der Waals surface area contributed by atoms with Crippen molar-refractivity contribution in [3.8, 4) is 11.5 Å². The summed E-state index contributed by atoms with van der Waals surface area (Å²) in [5.41, 5.74) is 3.88. The third kappa shape index (κ3) is 5.38. The lowest BCUT2D eigenvalue weighted by atomic mass is 9.73. The lowest BCUT2D eigenvalue weighted by Crippen LogP contribution is -2.60. The molecule has 3 N–H and O–H groups in total. The highest BCUT2D eigenvalue weighted by molar-refractivity contribution is 8.04. The molecule has 5 atom stereocenters. The predicted octanol–water partition coefficient (Wildman–Crippen LogP) is 5.73. The molecule has 0 aromatic heterocycles. The van der Waals surface area contributed by atoms with Crippen LogP contribution in [0.15, 0.2) is 46.5 Å². The molecule has 2 heterocycles. The van der Waals surface area contributed by atoms with Gasteiger partial charge in [-0.1, -0.05) is 55.3 Å². The molecular weight excluding hydrogens is 502 g/mol. The van der Waals surface area contributed by atoms with Crippen LogP contribution in [-0.2, 0) is 16.0 Å². The second kappa shape index (κ2) is 11.6. The number of unbranched alkanes of at least 4 members (excludes halogenated alkanes) is 2. The second-order valence-electron chi connectivity index (χ2n) is 10.9. The lowest BCUT2D eigenvalue weighted by Gasteiger charge is -2.43. The molecule has 4 rings (SSSR count). The molecule has 8 heteroatoms. The van der Waals surface area contributed by atoms with Gasteiger partial charge in [-0.15, -0.1) is 0 Å². The first-order valence-electron chi connectivity index (χ1n) is 13.5. The number of aliphatic hydroxyl groups excluding tert-OH is 1. The molecule has 1 aliphatic carbocycles. The van der Waals surface area contributed by atoms with Gasteiger partial charge in [0.1, 0.15) is 29.2 Å². The Balaban J connectivity index is 1.69. The number of carboxylic acid groups (broad SMARTS) is 1. The van der Waals surface area contributed by atoms with Crippen molar-refractivity contribution in [1.82, 2.24) is 4.90 Å². The number of ether oxygens (including phenoxy) is 1. The number of phenols is 1. The molecule has 1 fully saturated rings. The first-order valence-corrected chi connectivity index (χ1v) is 14.4. The monoisotopic (exact) mass is 541 g/mol. The van der Waals surface area contributed by atoms with Gasteiger partial charge in [0, 0.05) is 11.5 Å². The maximum atomic E-state index is 12.6. The quantitative estimate of drug-likeness (QED) is 0.187. The summed E-state index contributed by atoms with van der Waals surface area (Å²) in [4.78, 5) is 26.4. The Hall–Kier alpha value is -2.71. The Morgan fingerprint density at radius 2 is 2.05 bits per heavy atom. The Morgan fingerprint density at radius 1 is 1.32 bits per heavy atom. The van der Waals surface area contributed by atoms with Crippen LogP contribution in [0.25, 0.3) is 0 Å². The number of nitrogens with zero attached hydrogens (tertiary/aromatic N) is 1. The van der Waals surface area contributed by atoms with Gasteiger partial charge in [-0.25, -0.2) is 4.79 Å². The number of hydrogen-bond acceptors (Lipinski definition) is 6. The Labute approximate surface area is 229 Å². The van der Waals surface area contributed by atoms with Crippen LogP contribution in [-0.4, -0.2) is 50.2 Å². The Morgan fingerprint density at radius 3 is 2.68 bits per heavy atom. The predicted molar refractivity (Wildman–Crippen MR) is 149 cm³/mol. The van der Waals surface area contributed by atoms with Gasteiger partial charge >= 0.3 is 5.97 Å². The summed E-state index contributed by atoms with van der Waals surface area (Å²) in [6.45, 7) is 12.0. The Bertz CT molecular complexity index is 1190. The summed E-state index contributed by atoms with van der Waals surface area (Å²) in [6.07, 6.45) is 7.20. The lowest BCUT2D eigenvalue weighted by molar-refractivity contribution is -0.156. The van der Waals surface area contributed by atoms with Gasteiger partial charge in [0.2, 0.25) is 5.91 Å². The van der Waals surface area contributed by atoms with Crippen LogP contribution in [0.4, 0.5) is 0 Å². The average Bonchev–Trinajstić information content (AvgIpc) is 3.16. The van der Waals surface area contributed by atoms with Gasteiger partial charge in [0.15, 0.2) is 0 Å². The number of carboxylic acids is 1. The molecular formula is C30H39NO6S. The highest BCUT2D eigenvalue weighted by atomic mass is 32.2. The third-order valence-electron chi connectivity index (χ3n) is 7.90. The van der Waals surface area contributed by atoms with E-state index in [2.05, 4.69) is 26.5 Å². The average molecular weight is 542 g/mol. The molecule has 0 bridgehead atoms. The number of phenolic OH excluding ortho intramolecular Hbond substituents is 1. The van der Waals surface area contributed by atoms with E-state index < -0.39 is 23.4 Å². The fraction of sp³-hybridized carbons (Fsp3) is 0.533. The van der Waals surface area contributed by atoms with Crippen LogP contribution in [0.2, 0.25) is 0 Å². The minimum Gasteiger partial charge on any atom is -0.507 e. The van der Waals surface area contributed by atoms with Crippen molar-refractivity contribution in [2.24, 2.45) is 11.8 Å². The summed E-state index contributed by atoms with van der Waals surface area (Å²) in [5, 5.41) is 30.8. The van der Waals surface area contributed by atoms with Gasteiger partial charge in [-0.3, -0.25) is 9.69 Å². The molecule has 7 nitrogen and oxygen atoms in total. The number of amides is 1. The number of allylic oxidation sites excluding steroid dienone is 3. The summed E-state index contributed by atoms with van der Waals surface area (Å²) in [6, 6.07) is 3.80. The molecule has 1 aromatic carbocycles. The number of benzene rings is 1. The van der Waals surface area contributed by atoms with E-state index in [0.717, 1.165) is 49.7 Å². The third-order valence-corrected chi connectivity index (χ3v) is 9.24. The van der Waals surface area contributed by atoms with Crippen LogP contribution in [0.5, 0.6) is 11.5 Å². The first kappa shape index (κ1) is 28.3. The Kier molecular flexibility index (Phi) is 8.62. The molecule has 1 aromatic rings. The van der Waals surface area contributed by atoms with E-state index in [-0.39, 0.29) is 35.8 Å². The zero-order chi connectivity index (χ0) is 27.7. The van der Waals surface area contributed by atoms with E-state index in [0.29, 0.717) is 16.2 Å². The molecule has 3 aliphatic rings. The highest BCUT2D eigenvalue weighted by Gasteiger charge is 2.57. The van der Waals surface area contributed by atoms with Crippen LogP contribution in [0.3, 0.4) is 0 Å². The van der Waals surface area contributed by atoms with E-state index in [4.69, 9.17) is 4.74 Å². The van der Waals surface area contributed by atoms with E-state index >= 15 is 0 Å². The molecule has 206 valence electrons. The molecule has 1 saturated heterocycles. The number of aliphatic hydroxyl groups is 1. The zero-order valence-electron chi connectivity index (χ0n) is 22.7. The van der Waals surface area contributed by atoms with Gasteiger partial charge in [0.25, 0.3) is 0 Å². The molecule has 0 saturated carbocycles. The van der Waals surface area contributed by atoms with Crippen molar-refractivity contribution in [2.75, 3.05) is 6.61 Å². The largest absolute Gasteiger partial charge is 0.507 e. The molecule has 0 radical (unpaired) electrons. The summed E-state index contributed by atoms with van der Waals surface area (Å²) < 4.78 is 6.34. The number of carbonyl (C=O) groups excluding carboxylic acids is 1. The number of aromatic hydroxyl groups is 1. The van der Waals surface area contributed by atoms with Gasteiger partial charge in [0.05, 0.1) is 16.9 Å². The minimum absolute atomic E-state index is 0.0445. The van der Waals surface area contributed by atoms with E-state index in [9.17, 15) is 24.9 Å². The minimum atomic E-state index is -1.19. The summed E-state index contributed by atoms with van der Waals surface area (Å²) in [5.74, 6) is -1.46. The molecule has 1 amide bonds. The van der Waals surface area contributed by atoms with Crippen molar-refractivity contribution >= 4 is 23.6 Å². The van der Waals surface area contributed by atoms with Crippen molar-refractivity contribution in [1.29, 1.82) is 0 Å². The normalized spacial score (nSPS) is 25.6. The van der Waals surface area contributed by atoms with Crippen molar-refractivity contribution in [3.63, 3.8) is 0 Å². The molecule has 38 heavy (non-hydrogen) atoms. The van der Waals surface area contributed by atoms with E-state index in [1.54, 1.807) is 6.92 Å². The first-order chi connectivity index (χ1) is 18.0. The number of β-lactam (4-membered cyclic amide) rings is 1. The smallest absolute Gasteiger partial charge is 0.353 e. The van der Waals surface area contributed by atoms with Crippen molar-refractivity contribution in [3.05, 3.63) is 57.7 Å². The standard InChI is InChI=1S/C30H39NO6S/c1-6-7-8-9-19-13-22(33)26(21-12-17(4)10-11-20(21)16(2)3)23(14-19)37-15-24-27(30(35)36)31-28(34)25(18(5)32)29(31)38-24/h12-14,18,20-21,25,29,32-33H,2,6-11,15H2,1,3-5H3,(H,35,36)/t18-,20+,21-,25+,29-/m1/s1. The summed E-state index contributed by atoms with van der Waals surface area (Å²) >= 11 is 1.26. The SMILES string of the molecule is C=C(C)[C@@H]1CCC(C)=C[C@H]1c1c(O)cc(CCCCC)cc1OCC1=C(C(=O)O)N2C(=O)[C@H]([C@@H](C)O)[C@H]2S1. The zero-order valence-corrected chi connectivity index (χ0v) is 23.5. The maximum absolute atomic E-state index is 12.6. The maximum Gasteiger partial charge on any atom is 0.353 e. The fourth-order valence-corrected chi connectivity index (χ4v) is 7.37. The van der Waals surface area contributed by atoms with Crippen LogP contribution in [0.1, 0.15) is 76.8 Å². The van der Waals surface area contributed by atoms with Crippen molar-refractivity contribution < 1.29 is 29.6 Å². The fourth-order valence-electron chi connectivity index (χ4n) is 5.85. The number of aryl methyl sites for hydroxylation is 1. The van der Waals surface area contributed by atoms with Crippen molar-refractivity contribution in [2.45, 2.75) is 83.6 Å². The van der Waals surface area contributed by atoms with Gasteiger partial charge in [-0.2, -0.15) is 0 Å². The van der Waals surface area contributed by atoms with E-state index in [1.807, 2.05) is 19.1 Å². The number of thioether (sulfide) groups is 1. The second-order valence-corrected chi connectivity index (χ2v) is 12.1.